The third-order valence-corrected chi connectivity index (χ3v) is 4.39. The number of para-hydroxylation sites is 2. The Morgan fingerprint density at radius 2 is 1.97 bits per heavy atom. The van der Waals surface area contributed by atoms with Crippen molar-refractivity contribution in [1.29, 1.82) is 5.26 Å². The summed E-state index contributed by atoms with van der Waals surface area (Å²) in [5, 5.41) is 15.0. The molecule has 6 nitrogen and oxygen atoms in total. The van der Waals surface area contributed by atoms with Crippen LogP contribution >= 0.6 is 0 Å². The summed E-state index contributed by atoms with van der Waals surface area (Å²) in [6, 6.07) is 21.0. The fraction of sp³-hybridized carbons (Fsp3) is 0.0417. The summed E-state index contributed by atoms with van der Waals surface area (Å²) < 4.78 is 12.6. The summed E-state index contributed by atoms with van der Waals surface area (Å²) in [4.78, 5) is 12.2. The first-order valence-electron chi connectivity index (χ1n) is 9.23. The normalized spacial score (nSPS) is 11.2. The minimum atomic E-state index is -0.722. The Kier molecular flexibility index (Phi) is 5.27. The highest BCUT2D eigenvalue weighted by Gasteiger charge is 2.18. The van der Waals surface area contributed by atoms with Crippen molar-refractivity contribution in [2.75, 3.05) is 6.61 Å². The molecule has 0 spiro atoms. The van der Waals surface area contributed by atoms with Gasteiger partial charge in [-0.2, -0.15) is 10.4 Å². The Bertz CT molecular complexity index is 1260. The van der Waals surface area contributed by atoms with Crippen molar-refractivity contribution in [3.8, 4) is 23.2 Å². The largest absolute Gasteiger partial charge is 0.457 e. The Hall–Kier alpha value is -4.37. The van der Waals surface area contributed by atoms with E-state index >= 15 is 0 Å². The summed E-state index contributed by atoms with van der Waals surface area (Å²) in [6.07, 6.45) is 4.65. The van der Waals surface area contributed by atoms with Crippen LogP contribution in [0.1, 0.15) is 5.56 Å². The molecule has 2 aromatic heterocycles. The lowest BCUT2D eigenvalue weighted by Gasteiger charge is -1.99. The molecule has 0 aliphatic carbocycles. The minimum absolute atomic E-state index is 0.0254. The van der Waals surface area contributed by atoms with Gasteiger partial charge in [0.2, 0.25) is 0 Å². The van der Waals surface area contributed by atoms with Gasteiger partial charge in [0.15, 0.2) is 5.76 Å². The summed E-state index contributed by atoms with van der Waals surface area (Å²) in [7, 11) is 0. The zero-order valence-electron chi connectivity index (χ0n) is 16.0. The molecular formula is C24H17N3O3. The molecule has 0 atom stereocenters. The quantitative estimate of drug-likeness (QED) is 0.200. The van der Waals surface area contributed by atoms with Crippen LogP contribution < -0.4 is 0 Å². The van der Waals surface area contributed by atoms with Crippen molar-refractivity contribution in [3.63, 3.8) is 0 Å². The van der Waals surface area contributed by atoms with Gasteiger partial charge >= 0.3 is 5.97 Å². The second-order valence-corrected chi connectivity index (χ2v) is 6.42. The van der Waals surface area contributed by atoms with Gasteiger partial charge in [-0.3, -0.25) is 0 Å². The Labute approximate surface area is 172 Å². The van der Waals surface area contributed by atoms with E-state index in [-0.39, 0.29) is 12.2 Å². The van der Waals surface area contributed by atoms with Crippen LogP contribution in [0.15, 0.2) is 89.5 Å². The summed E-state index contributed by atoms with van der Waals surface area (Å²) >= 11 is 0. The predicted octanol–water partition coefficient (Wildman–Crippen LogP) is 4.92. The van der Waals surface area contributed by atoms with E-state index < -0.39 is 5.97 Å². The predicted molar refractivity (Wildman–Crippen MR) is 114 cm³/mol. The molecule has 2 heterocycles. The van der Waals surface area contributed by atoms with Crippen molar-refractivity contribution in [2.45, 2.75) is 0 Å². The van der Waals surface area contributed by atoms with Crippen LogP contribution in [0.5, 0.6) is 0 Å². The number of ether oxygens (including phenoxy) is 1. The zero-order valence-corrected chi connectivity index (χ0v) is 16.0. The van der Waals surface area contributed by atoms with E-state index in [0.29, 0.717) is 17.0 Å². The average Bonchev–Trinajstić information content (AvgIpc) is 3.40. The van der Waals surface area contributed by atoms with Crippen LogP contribution in [0.2, 0.25) is 0 Å². The molecule has 2 aromatic carbocycles. The van der Waals surface area contributed by atoms with Gasteiger partial charge < -0.3 is 9.15 Å². The van der Waals surface area contributed by atoms with Crippen molar-refractivity contribution in [3.05, 3.63) is 90.7 Å². The first-order chi connectivity index (χ1) is 14.7. The van der Waals surface area contributed by atoms with E-state index in [2.05, 4.69) is 11.7 Å². The number of carbonyl (C=O) groups excluding carboxylic acids is 1. The van der Waals surface area contributed by atoms with Crippen molar-refractivity contribution in [2.24, 2.45) is 0 Å². The van der Waals surface area contributed by atoms with Crippen LogP contribution in [0.4, 0.5) is 0 Å². The molecule has 0 radical (unpaired) electrons. The van der Waals surface area contributed by atoms with Gasteiger partial charge in [0.1, 0.15) is 29.5 Å². The third-order valence-electron chi connectivity index (χ3n) is 4.39. The molecule has 0 unspecified atom stereocenters. The van der Waals surface area contributed by atoms with Crippen LogP contribution in [-0.2, 0) is 9.53 Å². The average molecular weight is 395 g/mol. The molecule has 30 heavy (non-hydrogen) atoms. The second-order valence-electron chi connectivity index (χ2n) is 6.42. The maximum Gasteiger partial charge on any atom is 0.349 e. The molecule has 0 fully saturated rings. The zero-order chi connectivity index (χ0) is 20.9. The lowest BCUT2D eigenvalue weighted by molar-refractivity contribution is -0.137. The number of fused-ring (bicyclic) bond motifs is 1. The van der Waals surface area contributed by atoms with E-state index in [1.165, 1.54) is 12.2 Å². The number of furan rings is 1. The van der Waals surface area contributed by atoms with E-state index in [4.69, 9.17) is 9.15 Å². The topological polar surface area (TPSA) is 81.0 Å². The molecule has 4 aromatic rings. The maximum absolute atomic E-state index is 12.2. The van der Waals surface area contributed by atoms with Crippen LogP contribution in [0, 0.1) is 11.3 Å². The Balaban J connectivity index is 1.84. The molecule has 0 amide bonds. The summed E-state index contributed by atoms with van der Waals surface area (Å²) in [5.41, 5.74) is 2.50. The highest BCUT2D eigenvalue weighted by atomic mass is 16.5. The summed E-state index contributed by atoms with van der Waals surface area (Å²) in [6.45, 7) is 3.53. The first-order valence-corrected chi connectivity index (χ1v) is 9.23. The number of nitrogens with zero attached hydrogens (tertiary/aromatic N) is 3. The molecule has 0 saturated carbocycles. The van der Waals surface area contributed by atoms with Gasteiger partial charge in [-0.1, -0.05) is 49.1 Å². The third kappa shape index (κ3) is 3.77. The molecule has 146 valence electrons. The van der Waals surface area contributed by atoms with Gasteiger partial charge in [0.05, 0.1) is 5.69 Å². The van der Waals surface area contributed by atoms with Gasteiger partial charge in [-0.05, 0) is 30.3 Å². The van der Waals surface area contributed by atoms with E-state index in [0.717, 1.165) is 16.7 Å². The first kappa shape index (κ1) is 19.0. The maximum atomic E-state index is 12.2. The molecule has 0 aliphatic rings. The molecule has 0 saturated heterocycles. The molecule has 6 heteroatoms. The molecular weight excluding hydrogens is 378 g/mol. The smallest absolute Gasteiger partial charge is 0.349 e. The van der Waals surface area contributed by atoms with Crippen LogP contribution in [0.25, 0.3) is 34.2 Å². The fourth-order valence-electron chi connectivity index (χ4n) is 3.00. The standard InChI is InChI=1S/C24H17N3O3/c1-2-12-29-24(28)18(15-25)13-19-16-27(20-9-4-3-5-10-20)26-23(19)22-14-17-8-6-7-11-21(17)30-22/h2-11,13-14,16H,1,12H2/b18-13+. The molecule has 4 rings (SSSR count). The summed E-state index contributed by atoms with van der Waals surface area (Å²) in [5.74, 6) is -0.186. The fourth-order valence-corrected chi connectivity index (χ4v) is 3.00. The van der Waals surface area contributed by atoms with Gasteiger partial charge in [-0.15, -0.1) is 0 Å². The molecule has 0 N–H and O–H groups in total. The van der Waals surface area contributed by atoms with E-state index in [1.54, 1.807) is 10.9 Å². The Morgan fingerprint density at radius 1 is 1.20 bits per heavy atom. The highest BCUT2D eigenvalue weighted by Crippen LogP contribution is 2.31. The Morgan fingerprint density at radius 3 is 2.70 bits per heavy atom. The molecule has 0 bridgehead atoms. The SMILES string of the molecule is C=CCOC(=O)/C(C#N)=C/c1cn(-c2ccccc2)nc1-c1cc2ccccc2o1. The van der Waals surface area contributed by atoms with Crippen LogP contribution in [0.3, 0.4) is 0 Å². The van der Waals surface area contributed by atoms with Gasteiger partial charge in [0, 0.05) is 17.1 Å². The van der Waals surface area contributed by atoms with E-state index in [9.17, 15) is 10.1 Å². The van der Waals surface area contributed by atoms with Crippen molar-refractivity contribution >= 4 is 23.0 Å². The lowest BCUT2D eigenvalue weighted by Crippen LogP contribution is -2.06. The second kappa shape index (κ2) is 8.33. The number of hydrogen-bond acceptors (Lipinski definition) is 5. The number of rotatable bonds is 6. The highest BCUT2D eigenvalue weighted by molar-refractivity contribution is 5.99. The van der Waals surface area contributed by atoms with Crippen molar-refractivity contribution in [1.82, 2.24) is 9.78 Å². The van der Waals surface area contributed by atoms with Gasteiger partial charge in [0.25, 0.3) is 0 Å². The number of benzene rings is 2. The number of hydrogen-bond donors (Lipinski definition) is 0. The lowest BCUT2D eigenvalue weighted by atomic mass is 10.1. The van der Waals surface area contributed by atoms with Gasteiger partial charge in [-0.25, -0.2) is 9.48 Å². The monoisotopic (exact) mass is 395 g/mol. The van der Waals surface area contributed by atoms with E-state index in [1.807, 2.05) is 66.7 Å². The minimum Gasteiger partial charge on any atom is -0.457 e. The van der Waals surface area contributed by atoms with Crippen LogP contribution in [-0.4, -0.2) is 22.4 Å². The number of esters is 1. The van der Waals surface area contributed by atoms with Crippen molar-refractivity contribution < 1.29 is 13.9 Å². The number of nitriles is 1. The number of aromatic nitrogens is 2. The molecule has 0 aliphatic heterocycles. The number of carbonyl (C=O) groups is 1.